The molecule has 7 heteroatoms. The monoisotopic (exact) mass is 315 g/mol. The third-order valence-corrected chi connectivity index (χ3v) is 4.04. The van der Waals surface area contributed by atoms with Crippen LogP contribution in [0.15, 0.2) is 18.2 Å². The molecular weight excluding hydrogens is 299 g/mol. The summed E-state index contributed by atoms with van der Waals surface area (Å²) in [5.74, 6) is -5.72. The molecule has 1 heterocycles. The van der Waals surface area contributed by atoms with Gasteiger partial charge in [-0.25, -0.2) is 0 Å². The fraction of sp³-hybridized carbons (Fsp3) is 0.467. The van der Waals surface area contributed by atoms with E-state index < -0.39 is 43.0 Å². The van der Waals surface area contributed by atoms with Gasteiger partial charge in [-0.1, -0.05) is 18.2 Å². The van der Waals surface area contributed by atoms with Crippen LogP contribution in [-0.4, -0.2) is 41.1 Å². The Hall–Kier alpha value is -2.05. The van der Waals surface area contributed by atoms with Crippen LogP contribution in [0.1, 0.15) is 21.5 Å². The molecule has 4 nitrogen and oxygen atoms in total. The van der Waals surface area contributed by atoms with E-state index in [1.54, 1.807) is 32.0 Å². The molecule has 1 N–H and O–H groups in total. The molecule has 0 saturated carbocycles. The lowest BCUT2D eigenvalue weighted by Gasteiger charge is -2.20. The zero-order valence-corrected chi connectivity index (χ0v) is 12.1. The Morgan fingerprint density at radius 2 is 1.73 bits per heavy atom. The van der Waals surface area contributed by atoms with Crippen molar-refractivity contribution in [2.75, 3.05) is 13.1 Å². The van der Waals surface area contributed by atoms with Crippen LogP contribution in [-0.2, 0) is 4.79 Å². The molecule has 0 aliphatic carbocycles. The largest absolute Gasteiger partial charge is 0.481 e. The number of carboxylic acids is 1. The average molecular weight is 315 g/mol. The smallest absolute Gasteiger partial charge is 0.394 e. The first-order valence-corrected chi connectivity index (χ1v) is 6.78. The first-order chi connectivity index (χ1) is 10.1. The second kappa shape index (κ2) is 5.62. The number of alkyl halides is 3. The highest BCUT2D eigenvalue weighted by molar-refractivity contribution is 5.97. The molecule has 1 saturated heterocycles. The second-order valence-electron chi connectivity index (χ2n) is 5.57. The van der Waals surface area contributed by atoms with Gasteiger partial charge in [0.15, 0.2) is 0 Å². The molecule has 1 amide bonds. The van der Waals surface area contributed by atoms with Gasteiger partial charge in [-0.15, -0.1) is 0 Å². The van der Waals surface area contributed by atoms with Crippen LogP contribution >= 0.6 is 0 Å². The quantitative estimate of drug-likeness (QED) is 0.913. The molecule has 0 aromatic heterocycles. The summed E-state index contributed by atoms with van der Waals surface area (Å²) in [6.07, 6.45) is -4.64. The van der Waals surface area contributed by atoms with Crippen molar-refractivity contribution < 1.29 is 27.9 Å². The number of halogens is 3. The number of hydrogen-bond acceptors (Lipinski definition) is 2. The van der Waals surface area contributed by atoms with E-state index in [-0.39, 0.29) is 0 Å². The van der Waals surface area contributed by atoms with E-state index in [1.807, 2.05) is 0 Å². The van der Waals surface area contributed by atoms with Gasteiger partial charge >= 0.3 is 12.1 Å². The van der Waals surface area contributed by atoms with E-state index in [1.165, 1.54) is 0 Å². The molecule has 0 bridgehead atoms. The topological polar surface area (TPSA) is 57.6 Å². The summed E-state index contributed by atoms with van der Waals surface area (Å²) in [7, 11) is 0. The van der Waals surface area contributed by atoms with Crippen molar-refractivity contribution in [3.8, 4) is 0 Å². The zero-order chi connectivity index (χ0) is 16.7. The summed E-state index contributed by atoms with van der Waals surface area (Å²) < 4.78 is 38.9. The van der Waals surface area contributed by atoms with Gasteiger partial charge in [0.25, 0.3) is 5.91 Å². The van der Waals surface area contributed by atoms with Gasteiger partial charge in [-0.05, 0) is 25.0 Å². The number of amides is 1. The zero-order valence-electron chi connectivity index (χ0n) is 12.1. The standard InChI is InChI=1S/C15H16F3NO3/c1-8-4-3-5-9(2)12(8)13(20)19-6-10(14(21)22)11(7-19)15(16,17)18/h3-5,10-11H,6-7H2,1-2H3,(H,21,22)/t10-,11-/m1/s1. The number of carboxylic acid groups (broad SMARTS) is 1. The summed E-state index contributed by atoms with van der Waals surface area (Å²) in [5, 5.41) is 8.99. The number of nitrogens with zero attached hydrogens (tertiary/aromatic N) is 1. The molecule has 2 rings (SSSR count). The Bertz CT molecular complexity index is 592. The lowest BCUT2D eigenvalue weighted by molar-refractivity contribution is -0.187. The third kappa shape index (κ3) is 2.93. The second-order valence-corrected chi connectivity index (χ2v) is 5.57. The maximum atomic E-state index is 13.0. The Kier molecular flexibility index (Phi) is 4.17. The molecule has 1 aliphatic rings. The predicted octanol–water partition coefficient (Wildman–Crippen LogP) is 2.64. The van der Waals surface area contributed by atoms with Gasteiger partial charge in [0.2, 0.25) is 0 Å². The lowest BCUT2D eigenvalue weighted by atomic mass is 9.96. The van der Waals surface area contributed by atoms with E-state index >= 15 is 0 Å². The lowest BCUT2D eigenvalue weighted by Crippen LogP contribution is -2.34. The Morgan fingerprint density at radius 3 is 2.14 bits per heavy atom. The molecule has 0 spiro atoms. The van der Waals surface area contributed by atoms with Crippen LogP contribution < -0.4 is 0 Å². The number of hydrogen-bond donors (Lipinski definition) is 1. The molecular formula is C15H16F3NO3. The molecule has 1 aromatic carbocycles. The van der Waals surface area contributed by atoms with Gasteiger partial charge in [-0.3, -0.25) is 9.59 Å². The van der Waals surface area contributed by atoms with Crippen LogP contribution in [0.2, 0.25) is 0 Å². The Morgan fingerprint density at radius 1 is 1.18 bits per heavy atom. The number of carbonyl (C=O) groups excluding carboxylic acids is 1. The highest BCUT2D eigenvalue weighted by Crippen LogP contribution is 2.38. The summed E-state index contributed by atoms with van der Waals surface area (Å²) in [4.78, 5) is 24.5. The predicted molar refractivity (Wildman–Crippen MR) is 72.5 cm³/mol. The van der Waals surface area contributed by atoms with Crippen LogP contribution in [0, 0.1) is 25.7 Å². The van der Waals surface area contributed by atoms with Gasteiger partial charge in [0.1, 0.15) is 0 Å². The first kappa shape index (κ1) is 16.3. The maximum absolute atomic E-state index is 13.0. The van der Waals surface area contributed by atoms with Gasteiger partial charge in [0, 0.05) is 18.7 Å². The fourth-order valence-electron chi connectivity index (χ4n) is 2.86. The SMILES string of the molecule is Cc1cccc(C)c1C(=O)N1C[C@@H](C(F)(F)F)[C@H](C(=O)O)C1. The van der Waals surface area contributed by atoms with Gasteiger partial charge in [-0.2, -0.15) is 13.2 Å². The van der Waals surface area contributed by atoms with Gasteiger partial charge in [0.05, 0.1) is 11.8 Å². The number of carbonyl (C=O) groups is 2. The maximum Gasteiger partial charge on any atom is 0.394 e. The normalized spacial score (nSPS) is 22.0. The number of rotatable bonds is 2. The molecule has 1 aromatic rings. The van der Waals surface area contributed by atoms with Crippen LogP contribution in [0.5, 0.6) is 0 Å². The molecule has 22 heavy (non-hydrogen) atoms. The van der Waals surface area contributed by atoms with E-state index in [0.29, 0.717) is 16.7 Å². The highest BCUT2D eigenvalue weighted by atomic mass is 19.4. The number of likely N-dealkylation sites (tertiary alicyclic amines) is 1. The summed E-state index contributed by atoms with van der Waals surface area (Å²) >= 11 is 0. The summed E-state index contributed by atoms with van der Waals surface area (Å²) in [6, 6.07) is 5.16. The number of aryl methyl sites for hydroxylation is 2. The van der Waals surface area contributed by atoms with Crippen molar-refractivity contribution >= 4 is 11.9 Å². The van der Waals surface area contributed by atoms with Crippen molar-refractivity contribution in [3.05, 3.63) is 34.9 Å². The molecule has 120 valence electrons. The van der Waals surface area contributed by atoms with E-state index in [4.69, 9.17) is 5.11 Å². The van der Waals surface area contributed by atoms with Gasteiger partial charge < -0.3 is 10.0 Å². The molecule has 1 fully saturated rings. The van der Waals surface area contributed by atoms with E-state index in [9.17, 15) is 22.8 Å². The molecule has 0 radical (unpaired) electrons. The van der Waals surface area contributed by atoms with Crippen molar-refractivity contribution in [1.29, 1.82) is 0 Å². The summed E-state index contributed by atoms with van der Waals surface area (Å²) in [6.45, 7) is 2.36. The van der Waals surface area contributed by atoms with Crippen LogP contribution in [0.4, 0.5) is 13.2 Å². The highest BCUT2D eigenvalue weighted by Gasteiger charge is 2.53. The minimum absolute atomic E-state index is 0.342. The first-order valence-electron chi connectivity index (χ1n) is 6.78. The minimum atomic E-state index is -4.64. The number of benzene rings is 1. The fourth-order valence-corrected chi connectivity index (χ4v) is 2.86. The molecule has 1 aliphatic heterocycles. The van der Waals surface area contributed by atoms with Crippen molar-refractivity contribution in [2.24, 2.45) is 11.8 Å². The molecule has 2 atom stereocenters. The van der Waals surface area contributed by atoms with E-state index in [2.05, 4.69) is 0 Å². The summed E-state index contributed by atoms with van der Waals surface area (Å²) in [5.41, 5.74) is 1.66. The Labute approximate surface area is 125 Å². The third-order valence-electron chi connectivity index (χ3n) is 4.04. The van der Waals surface area contributed by atoms with Crippen molar-refractivity contribution in [2.45, 2.75) is 20.0 Å². The van der Waals surface area contributed by atoms with Crippen LogP contribution in [0.3, 0.4) is 0 Å². The molecule has 0 unspecified atom stereocenters. The van der Waals surface area contributed by atoms with Crippen molar-refractivity contribution in [1.82, 2.24) is 4.90 Å². The van der Waals surface area contributed by atoms with Crippen LogP contribution in [0.25, 0.3) is 0 Å². The average Bonchev–Trinajstić information content (AvgIpc) is 2.83. The number of aliphatic carboxylic acids is 1. The Balaban J connectivity index is 2.31. The van der Waals surface area contributed by atoms with Crippen molar-refractivity contribution in [3.63, 3.8) is 0 Å². The minimum Gasteiger partial charge on any atom is -0.481 e. The van der Waals surface area contributed by atoms with E-state index in [0.717, 1.165) is 4.90 Å².